The van der Waals surface area contributed by atoms with Crippen molar-refractivity contribution >= 4 is 29.4 Å². The summed E-state index contributed by atoms with van der Waals surface area (Å²) in [6, 6.07) is 5.59. The number of nitrogens with two attached hydrogens (primary N) is 1. The number of carboxylic acids is 1. The van der Waals surface area contributed by atoms with Crippen molar-refractivity contribution in [3.05, 3.63) is 41.2 Å². The van der Waals surface area contributed by atoms with Gasteiger partial charge in [0.2, 0.25) is 17.7 Å². The van der Waals surface area contributed by atoms with Gasteiger partial charge in [0.25, 0.3) is 0 Å². The summed E-state index contributed by atoms with van der Waals surface area (Å²) in [4.78, 5) is 46.1. The molecule has 0 heterocycles. The average molecular weight is 505 g/mol. The number of aliphatic carboxylic acids is 1. The van der Waals surface area contributed by atoms with E-state index in [0.717, 1.165) is 42.6 Å². The van der Waals surface area contributed by atoms with Crippen LogP contribution in [0.15, 0.2) is 30.0 Å². The number of aryl methyl sites for hydroxylation is 1. The van der Waals surface area contributed by atoms with Crippen molar-refractivity contribution in [2.45, 2.75) is 45.1 Å². The first-order valence-corrected chi connectivity index (χ1v) is 12.0. The first kappa shape index (κ1) is 28.6. The van der Waals surface area contributed by atoms with E-state index >= 15 is 0 Å². The molecule has 11 nitrogen and oxygen atoms in total. The van der Waals surface area contributed by atoms with Crippen LogP contribution in [0, 0.1) is 11.8 Å². The van der Waals surface area contributed by atoms with Gasteiger partial charge in [0.15, 0.2) is 0 Å². The minimum Gasteiger partial charge on any atom is -0.501 e. The van der Waals surface area contributed by atoms with Crippen LogP contribution in [0.1, 0.15) is 43.2 Å². The Morgan fingerprint density at radius 1 is 0.944 bits per heavy atom. The quantitative estimate of drug-likeness (QED) is 0.166. The number of amides is 3. The number of carboxylic acid groups (broad SMARTS) is 1. The predicted molar refractivity (Wildman–Crippen MR) is 132 cm³/mol. The zero-order chi connectivity index (χ0) is 26.5. The summed E-state index contributed by atoms with van der Waals surface area (Å²) in [5.41, 5.74) is 8.36. The number of carbonyl (C=O) groups is 4. The maximum atomic E-state index is 12.5. The van der Waals surface area contributed by atoms with E-state index in [9.17, 15) is 24.3 Å². The number of aliphatic hydroxyl groups is 1. The van der Waals surface area contributed by atoms with Crippen LogP contribution in [0.4, 0.5) is 5.69 Å². The molecule has 0 saturated heterocycles. The van der Waals surface area contributed by atoms with Crippen LogP contribution in [0.3, 0.4) is 0 Å². The average Bonchev–Trinajstić information content (AvgIpc) is 2.87. The van der Waals surface area contributed by atoms with E-state index < -0.39 is 24.3 Å². The number of aliphatic hydroxyl groups excluding tert-OH is 1. The molecule has 0 unspecified atom stereocenters. The van der Waals surface area contributed by atoms with Gasteiger partial charge in [0, 0.05) is 17.5 Å². The number of methoxy groups -OCH3 is 1. The van der Waals surface area contributed by atoms with Gasteiger partial charge in [0.05, 0.1) is 32.6 Å². The second-order valence-electron chi connectivity index (χ2n) is 8.80. The lowest BCUT2D eigenvalue weighted by molar-refractivity contribution is -0.137. The monoisotopic (exact) mass is 504 g/mol. The normalized spacial score (nSPS) is 17.7. The van der Waals surface area contributed by atoms with Gasteiger partial charge < -0.3 is 36.6 Å². The number of hydrogen-bond donors (Lipinski definition) is 6. The minimum atomic E-state index is -1.18. The van der Waals surface area contributed by atoms with Crippen LogP contribution in [-0.2, 0) is 36.9 Å². The van der Waals surface area contributed by atoms with Crippen molar-refractivity contribution in [2.24, 2.45) is 11.8 Å². The molecular formula is C25H36N4O7. The SMILES string of the molecule is CO/C(=C/CCc1cc(N)cc(CO)c1)C1CCC(C(=O)NCC(=O)NCC(=O)NCC(=O)O)CC1. The standard InChI is InChI=1S/C25H36N4O7/c1-36-21(4-2-3-16-9-17(15-30)11-20(26)10-16)18-5-7-19(8-6-18)25(35)29-13-23(32)27-12-22(31)28-14-24(33)34/h4,9-11,18-19,30H,2-3,5-8,12-15,26H2,1H3,(H,27,32)(H,28,31)(H,29,35)(H,33,34)/b21-4+. The summed E-state index contributed by atoms with van der Waals surface area (Å²) >= 11 is 0. The number of nitrogen functional groups attached to an aromatic ring is 1. The van der Waals surface area contributed by atoms with E-state index in [1.54, 1.807) is 13.2 Å². The van der Waals surface area contributed by atoms with Gasteiger partial charge in [-0.2, -0.15) is 0 Å². The summed E-state index contributed by atoms with van der Waals surface area (Å²) in [5.74, 6) is -1.61. The third-order valence-electron chi connectivity index (χ3n) is 6.08. The van der Waals surface area contributed by atoms with E-state index in [-0.39, 0.29) is 37.4 Å². The molecule has 1 fully saturated rings. The van der Waals surface area contributed by atoms with Crippen molar-refractivity contribution in [2.75, 3.05) is 32.5 Å². The van der Waals surface area contributed by atoms with E-state index in [0.29, 0.717) is 18.5 Å². The summed E-state index contributed by atoms with van der Waals surface area (Å²) in [5, 5.41) is 24.9. The molecule has 36 heavy (non-hydrogen) atoms. The molecule has 11 heteroatoms. The van der Waals surface area contributed by atoms with Crippen molar-refractivity contribution in [3.63, 3.8) is 0 Å². The fourth-order valence-electron chi connectivity index (χ4n) is 4.25. The lowest BCUT2D eigenvalue weighted by Gasteiger charge is -2.28. The van der Waals surface area contributed by atoms with E-state index in [4.69, 9.17) is 15.6 Å². The highest BCUT2D eigenvalue weighted by atomic mass is 16.5. The first-order valence-electron chi connectivity index (χ1n) is 12.0. The number of ether oxygens (including phenoxy) is 1. The Balaban J connectivity index is 1.72. The zero-order valence-corrected chi connectivity index (χ0v) is 20.5. The second-order valence-corrected chi connectivity index (χ2v) is 8.80. The van der Waals surface area contributed by atoms with Gasteiger partial charge in [-0.3, -0.25) is 19.2 Å². The molecule has 198 valence electrons. The Morgan fingerprint density at radius 3 is 2.14 bits per heavy atom. The lowest BCUT2D eigenvalue weighted by Crippen LogP contribution is -2.44. The molecule has 1 aromatic rings. The molecule has 7 N–H and O–H groups in total. The highest BCUT2D eigenvalue weighted by Crippen LogP contribution is 2.34. The number of rotatable bonds is 13. The van der Waals surface area contributed by atoms with Gasteiger partial charge in [0.1, 0.15) is 6.54 Å². The Bertz CT molecular complexity index is 956. The van der Waals surface area contributed by atoms with Crippen LogP contribution in [-0.4, -0.2) is 60.6 Å². The maximum absolute atomic E-state index is 12.5. The van der Waals surface area contributed by atoms with Crippen molar-refractivity contribution in [1.82, 2.24) is 16.0 Å². The smallest absolute Gasteiger partial charge is 0.322 e. The Kier molecular flexibility index (Phi) is 11.7. The molecule has 0 spiro atoms. The summed E-state index contributed by atoms with van der Waals surface area (Å²) in [6.45, 7) is -1.19. The Hall–Kier alpha value is -3.60. The Morgan fingerprint density at radius 2 is 1.53 bits per heavy atom. The minimum absolute atomic E-state index is 0.0511. The number of allylic oxidation sites excluding steroid dienone is 2. The van der Waals surface area contributed by atoms with E-state index in [1.165, 1.54) is 0 Å². The van der Waals surface area contributed by atoms with Gasteiger partial charge in [-0.1, -0.05) is 6.07 Å². The number of hydrogen-bond acceptors (Lipinski definition) is 7. The molecule has 0 aliphatic heterocycles. The van der Waals surface area contributed by atoms with Crippen LogP contribution >= 0.6 is 0 Å². The van der Waals surface area contributed by atoms with Gasteiger partial charge >= 0.3 is 5.97 Å². The second kappa shape index (κ2) is 14.7. The molecular weight excluding hydrogens is 468 g/mol. The fraction of sp³-hybridized carbons (Fsp3) is 0.520. The molecule has 1 aliphatic rings. The van der Waals surface area contributed by atoms with Gasteiger partial charge in [-0.25, -0.2) is 0 Å². The first-order chi connectivity index (χ1) is 17.2. The zero-order valence-electron chi connectivity index (χ0n) is 20.5. The van der Waals surface area contributed by atoms with Crippen LogP contribution in [0.25, 0.3) is 0 Å². The third-order valence-corrected chi connectivity index (χ3v) is 6.08. The molecule has 1 saturated carbocycles. The van der Waals surface area contributed by atoms with Gasteiger partial charge in [-0.15, -0.1) is 0 Å². The number of benzene rings is 1. The summed E-state index contributed by atoms with van der Waals surface area (Å²) in [6.07, 6.45) is 6.54. The van der Waals surface area contributed by atoms with Gasteiger partial charge in [-0.05, 0) is 67.9 Å². The number of anilines is 1. The van der Waals surface area contributed by atoms with Crippen molar-refractivity contribution in [3.8, 4) is 0 Å². The fourth-order valence-corrected chi connectivity index (χ4v) is 4.25. The van der Waals surface area contributed by atoms with E-state index in [2.05, 4.69) is 22.0 Å². The lowest BCUT2D eigenvalue weighted by atomic mass is 9.80. The molecule has 0 atom stereocenters. The molecule has 1 aromatic carbocycles. The third kappa shape index (κ3) is 9.95. The molecule has 3 amide bonds. The van der Waals surface area contributed by atoms with Crippen molar-refractivity contribution in [1.29, 1.82) is 0 Å². The summed E-state index contributed by atoms with van der Waals surface area (Å²) < 4.78 is 5.63. The highest BCUT2D eigenvalue weighted by Gasteiger charge is 2.28. The number of nitrogens with one attached hydrogen (secondary N) is 3. The summed E-state index contributed by atoms with van der Waals surface area (Å²) in [7, 11) is 1.65. The molecule has 2 rings (SSSR count). The molecule has 1 aliphatic carbocycles. The van der Waals surface area contributed by atoms with Crippen LogP contribution in [0.2, 0.25) is 0 Å². The number of carbonyl (C=O) groups excluding carboxylic acids is 3. The molecule has 0 aromatic heterocycles. The van der Waals surface area contributed by atoms with Crippen LogP contribution in [0.5, 0.6) is 0 Å². The molecule has 0 bridgehead atoms. The predicted octanol–water partition coefficient (Wildman–Crippen LogP) is 0.464. The maximum Gasteiger partial charge on any atom is 0.322 e. The highest BCUT2D eigenvalue weighted by molar-refractivity contribution is 5.89. The largest absolute Gasteiger partial charge is 0.501 e. The molecule has 0 radical (unpaired) electrons. The van der Waals surface area contributed by atoms with E-state index in [1.807, 2.05) is 12.1 Å². The van der Waals surface area contributed by atoms with Crippen LogP contribution < -0.4 is 21.7 Å². The Labute approximate surface area is 210 Å². The van der Waals surface area contributed by atoms with Crippen molar-refractivity contribution < 1.29 is 34.1 Å². The topological polar surface area (TPSA) is 180 Å².